The van der Waals surface area contributed by atoms with Crippen LogP contribution in [0.3, 0.4) is 0 Å². The summed E-state index contributed by atoms with van der Waals surface area (Å²) in [7, 11) is 2.19. The molecule has 0 spiro atoms. The van der Waals surface area contributed by atoms with Gasteiger partial charge in [-0.2, -0.15) is 0 Å². The number of ether oxygens (including phenoxy) is 5. The van der Waals surface area contributed by atoms with Gasteiger partial charge >= 0.3 is 7.82 Å². The van der Waals surface area contributed by atoms with E-state index < -0.39 is 26.1 Å². The summed E-state index contributed by atoms with van der Waals surface area (Å²) in [6, 6.07) is -0.484. The van der Waals surface area contributed by atoms with E-state index in [1.54, 1.807) is 42.2 Å². The van der Waals surface area contributed by atoms with E-state index in [-0.39, 0.29) is 166 Å². The van der Waals surface area contributed by atoms with Crippen molar-refractivity contribution in [3.05, 3.63) is 0 Å². The number of β-amino-alcohol motifs (C(OH)–C–C–N with tert-alkyl or cyclic N) is 1. The second-order valence-corrected chi connectivity index (χ2v) is 35.1. The van der Waals surface area contributed by atoms with E-state index in [0.717, 1.165) is 42.6 Å². The van der Waals surface area contributed by atoms with Gasteiger partial charge in [0.1, 0.15) is 17.3 Å². The molecule has 0 aromatic carbocycles. The largest absolute Gasteiger partial charge is 0.472 e. The van der Waals surface area contributed by atoms with Gasteiger partial charge in [-0.15, -0.1) is 0 Å². The summed E-state index contributed by atoms with van der Waals surface area (Å²) >= 11 is 0. The van der Waals surface area contributed by atoms with Crippen LogP contribution < -0.4 is 5.32 Å². The van der Waals surface area contributed by atoms with Gasteiger partial charge in [0, 0.05) is 93.4 Å². The molecule has 4 fully saturated rings. The molecule has 0 aromatic heterocycles. The number of amides is 4. The molecule has 0 aliphatic carbocycles. The van der Waals surface area contributed by atoms with Crippen molar-refractivity contribution >= 4 is 92.0 Å². The number of rotatable bonds is 45. The molecule has 4 aliphatic rings. The molecule has 96 heavy (non-hydrogen) atoms. The van der Waals surface area contributed by atoms with Crippen LogP contribution in [-0.2, 0) is 70.9 Å². The average Bonchev–Trinajstić information content (AvgIpc) is 1.72. The predicted molar refractivity (Wildman–Crippen MR) is 389 cm³/mol. The molecule has 0 saturated carbocycles. The monoisotopic (exact) mass is 1460 g/mol. The van der Waals surface area contributed by atoms with Gasteiger partial charge in [0.25, 0.3) is 0 Å². The van der Waals surface area contributed by atoms with E-state index in [1.165, 1.54) is 17.7 Å². The third-order valence-electron chi connectivity index (χ3n) is 16.1. The highest BCUT2D eigenvalue weighted by molar-refractivity contribution is 8.77. The number of carbonyl (C=O) groups is 7. The molecule has 4 aliphatic heterocycles. The highest BCUT2D eigenvalue weighted by Gasteiger charge is 2.43. The summed E-state index contributed by atoms with van der Waals surface area (Å²) in [5.41, 5.74) is 0. The van der Waals surface area contributed by atoms with Gasteiger partial charge in [-0.1, -0.05) is 105 Å². The lowest BCUT2D eigenvalue weighted by Gasteiger charge is -2.26. The molecule has 0 aromatic rings. The Bertz CT molecular complexity index is 2310. The van der Waals surface area contributed by atoms with Crippen molar-refractivity contribution in [2.75, 3.05) is 82.2 Å². The molecular weight excluding hydrogens is 1330 g/mol. The normalized spacial score (nSPS) is 22.0. The van der Waals surface area contributed by atoms with Gasteiger partial charge in [0.05, 0.1) is 118 Å². The highest BCUT2D eigenvalue weighted by Crippen LogP contribution is 2.47. The zero-order valence-electron chi connectivity index (χ0n) is 61.8. The minimum atomic E-state index is -4.58. The molecule has 22 nitrogen and oxygen atoms in total. The molecule has 27 heteroatoms. The van der Waals surface area contributed by atoms with Crippen LogP contribution in [0.15, 0.2) is 0 Å². The molecule has 4 saturated heterocycles. The van der Waals surface area contributed by atoms with Crippen molar-refractivity contribution in [1.29, 1.82) is 0 Å². The number of nitrogens with one attached hydrogen (secondary N) is 1. The fourth-order valence-corrected chi connectivity index (χ4v) is 16.2. The third-order valence-corrected chi connectivity index (χ3v) is 22.0. The molecule has 4 amide bonds. The molecule has 1 unspecified atom stereocenters. The minimum Gasteiger partial charge on any atom is -0.391 e. The number of aliphatic hydroxyl groups excluding tert-OH is 1. The lowest BCUT2D eigenvalue weighted by atomic mass is 10.1. The van der Waals surface area contributed by atoms with Gasteiger partial charge in [-0.3, -0.25) is 42.6 Å². The molecule has 0 radical (unpaired) electrons. The van der Waals surface area contributed by atoms with Crippen molar-refractivity contribution in [2.45, 2.75) is 300 Å². The SMILES string of the molecule is CC(C)CCCSSCC(=O)N1C[C@H](OC(C)C)C[C@H]1COC(C)C.CC(C)NCCCC(=O)CCC(=O)N1C[C@H](O)C[C@H]1COP(=O)(O)O[C@@H]1C[C@@H](COC(C)C)N(C(=O)CCCSSCCC(=O)C(C)C)C1.CC(C)OC[C@@H]1C[C@@H](OC(C)C)CN1C(=O)CC(=O)C(C)C. The number of nitrogens with zero attached hydrogens (tertiary/aromatic N) is 4. The fraction of sp³-hybridized carbons (Fsp3) is 0.899. The van der Waals surface area contributed by atoms with Crippen LogP contribution >= 0.6 is 51.0 Å². The van der Waals surface area contributed by atoms with Crippen LogP contribution in [0, 0.1) is 17.8 Å². The smallest absolute Gasteiger partial charge is 0.391 e. The summed E-state index contributed by atoms with van der Waals surface area (Å²) in [6.07, 6.45) is 6.43. The Hall–Kier alpha value is -1.88. The molecular formula is C69H128N5O17PS4. The zero-order valence-corrected chi connectivity index (χ0v) is 66.0. The van der Waals surface area contributed by atoms with Crippen molar-refractivity contribution in [1.82, 2.24) is 24.9 Å². The predicted octanol–water partition coefficient (Wildman–Crippen LogP) is 11.4. The minimum absolute atomic E-state index is 0.00128. The zero-order chi connectivity index (χ0) is 72.2. The summed E-state index contributed by atoms with van der Waals surface area (Å²) in [5.74, 6) is 3.79. The second kappa shape index (κ2) is 48.9. The van der Waals surface area contributed by atoms with E-state index in [9.17, 15) is 48.1 Å². The maximum atomic E-state index is 13.2. The Kier molecular flexibility index (Phi) is 45.9. The van der Waals surface area contributed by atoms with E-state index in [2.05, 4.69) is 19.2 Å². The maximum Gasteiger partial charge on any atom is 0.472 e. The first-order chi connectivity index (χ1) is 45.1. The number of phosphoric acid groups is 1. The lowest BCUT2D eigenvalue weighted by Crippen LogP contribution is -2.40. The Balaban J connectivity index is 0.000000554. The van der Waals surface area contributed by atoms with Crippen molar-refractivity contribution in [3.63, 3.8) is 0 Å². The first-order valence-corrected chi connectivity index (χ1v) is 42.0. The van der Waals surface area contributed by atoms with Crippen LogP contribution in [0.1, 0.15) is 215 Å². The van der Waals surface area contributed by atoms with Crippen LogP contribution in [0.4, 0.5) is 0 Å². The topological polar surface area (TPSA) is 267 Å². The van der Waals surface area contributed by atoms with Crippen LogP contribution in [0.2, 0.25) is 0 Å². The van der Waals surface area contributed by atoms with Crippen LogP contribution in [0.5, 0.6) is 0 Å². The Morgan fingerprint density at radius 1 is 0.479 bits per heavy atom. The first-order valence-electron chi connectivity index (χ1n) is 35.5. The van der Waals surface area contributed by atoms with E-state index in [4.69, 9.17) is 32.7 Å². The Morgan fingerprint density at radius 2 is 0.938 bits per heavy atom. The molecule has 4 heterocycles. The summed E-state index contributed by atoms with van der Waals surface area (Å²) in [6.45, 7) is 39.1. The van der Waals surface area contributed by atoms with Crippen LogP contribution in [0.25, 0.3) is 0 Å². The summed E-state index contributed by atoms with van der Waals surface area (Å²) < 4.78 is 52.9. The Morgan fingerprint density at radius 3 is 1.45 bits per heavy atom. The van der Waals surface area contributed by atoms with E-state index in [1.807, 2.05) is 126 Å². The van der Waals surface area contributed by atoms with Gasteiger partial charge < -0.3 is 58.6 Å². The summed E-state index contributed by atoms with van der Waals surface area (Å²) in [4.78, 5) is 105. The summed E-state index contributed by atoms with van der Waals surface area (Å²) in [5, 5.41) is 13.5. The Labute approximate surface area is 593 Å². The number of hydrogen-bond acceptors (Lipinski definition) is 21. The molecule has 3 N–H and O–H groups in total. The number of likely N-dealkylation sites (tertiary alicyclic amines) is 4. The molecule has 4 rings (SSSR count). The number of ketones is 3. The van der Waals surface area contributed by atoms with Crippen molar-refractivity contribution < 1.29 is 80.9 Å². The van der Waals surface area contributed by atoms with Gasteiger partial charge in [-0.05, 0) is 127 Å². The lowest BCUT2D eigenvalue weighted by molar-refractivity contribution is -0.139. The average molecular weight is 1460 g/mol. The van der Waals surface area contributed by atoms with E-state index >= 15 is 0 Å². The fourth-order valence-electron chi connectivity index (χ4n) is 11.1. The first kappa shape index (κ1) is 90.2. The second-order valence-electron chi connectivity index (χ2n) is 28.4. The van der Waals surface area contributed by atoms with Gasteiger partial charge in [0.15, 0.2) is 0 Å². The number of Topliss-reactive ketones (excluding diaryl/α,β-unsaturated/α-hetero) is 3. The molecule has 0 bridgehead atoms. The molecule has 560 valence electrons. The van der Waals surface area contributed by atoms with Crippen LogP contribution in [-0.4, -0.2) is 238 Å². The maximum absolute atomic E-state index is 13.2. The van der Waals surface area contributed by atoms with Gasteiger partial charge in [0.2, 0.25) is 23.6 Å². The number of carbonyl (C=O) groups excluding carboxylic acids is 7. The quantitative estimate of drug-likeness (QED) is 0.0221. The van der Waals surface area contributed by atoms with Crippen molar-refractivity contribution in [3.8, 4) is 0 Å². The third kappa shape index (κ3) is 39.5. The van der Waals surface area contributed by atoms with E-state index in [0.29, 0.717) is 76.6 Å². The van der Waals surface area contributed by atoms with Crippen molar-refractivity contribution in [2.24, 2.45) is 17.8 Å². The van der Waals surface area contributed by atoms with Gasteiger partial charge in [-0.25, -0.2) is 4.57 Å². The number of aliphatic hydroxyl groups is 1. The molecule has 9 atom stereocenters. The number of hydrogen-bond donors (Lipinski definition) is 3. The highest BCUT2D eigenvalue weighted by atomic mass is 33.1. The number of phosphoric ester groups is 1. The standard InChI is InChI=1S/C33H60N3O10PS2.C19H37NO3S2.C17H31NO4/c1-23(2)31(39)13-16-49-48-15-8-10-32(40)36-20-30(18-27(36)21-44-25(5)6)46-47(42,43)45-22-26-17-29(38)19-35(26)33(41)12-11-28(37)9-7-14-34-24(3)4;1-14(2)8-7-9-24-25-13-19(21)20-11-18(23-16(5)6)10-17(20)12-22-15(3)4;1-11(2)16(19)8-17(20)18-9-15(22-13(5)6)7-14(18)10-21-12(3)4/h23-27,29-30,34,38H,7-22H2,1-6H3,(H,42,43);14-18H,7-13H2,1-6H3;11-15H,7-10H2,1-6H3/t26-,27-,29+,30+;17-,18+;14-,15+/m000/s1.